The van der Waals surface area contributed by atoms with Gasteiger partial charge in [0.1, 0.15) is 0 Å². The molecule has 2 heterocycles. The zero-order chi connectivity index (χ0) is 10.6. The molecule has 2 fully saturated rings. The summed E-state index contributed by atoms with van der Waals surface area (Å²) in [5.74, 6) is -0.258. The molecule has 2 saturated heterocycles. The number of hydrogen-bond acceptors (Lipinski definition) is 3. The average molecular weight is 211 g/mol. The van der Waals surface area contributed by atoms with Crippen LogP contribution >= 0.6 is 0 Å². The lowest BCUT2D eigenvalue weighted by Gasteiger charge is -2.38. The Labute approximate surface area is 92.0 Å². The summed E-state index contributed by atoms with van der Waals surface area (Å²) in [6.07, 6.45) is 6.53. The summed E-state index contributed by atoms with van der Waals surface area (Å²) in [7, 11) is 0. The number of allylic oxidation sites excluding steroid dienone is 1. The van der Waals surface area contributed by atoms with E-state index < -0.39 is 0 Å². The van der Waals surface area contributed by atoms with E-state index in [2.05, 4.69) is 11.5 Å². The zero-order valence-electron chi connectivity index (χ0n) is 9.41. The molecule has 2 aliphatic heterocycles. The predicted octanol–water partition coefficient (Wildman–Crippen LogP) is 1.79. The second-order valence-corrected chi connectivity index (χ2v) is 4.42. The minimum Gasteiger partial charge on any atom is -0.346 e. The van der Waals surface area contributed by atoms with Crippen LogP contribution in [0.25, 0.3) is 0 Å². The quantitative estimate of drug-likeness (QED) is 0.523. The van der Waals surface area contributed by atoms with Gasteiger partial charge in [0.15, 0.2) is 5.79 Å². The van der Waals surface area contributed by atoms with Crippen LogP contribution in [0.5, 0.6) is 0 Å². The third kappa shape index (κ3) is 2.80. The SMILES string of the molecule is C=CCCCN1CCCC2(C1)OCCO2. The van der Waals surface area contributed by atoms with E-state index >= 15 is 0 Å². The Morgan fingerprint density at radius 2 is 2.13 bits per heavy atom. The lowest BCUT2D eigenvalue weighted by Crippen LogP contribution is -2.49. The maximum atomic E-state index is 5.73. The number of unbranched alkanes of at least 4 members (excludes halogenated alkanes) is 1. The first kappa shape index (κ1) is 11.1. The molecule has 3 heteroatoms. The molecule has 2 rings (SSSR count). The van der Waals surface area contributed by atoms with Crippen LogP contribution in [0.3, 0.4) is 0 Å². The molecule has 1 spiro atoms. The second kappa shape index (κ2) is 5.10. The topological polar surface area (TPSA) is 21.7 Å². The summed E-state index contributed by atoms with van der Waals surface area (Å²) in [5, 5.41) is 0. The molecule has 0 aromatic carbocycles. The Balaban J connectivity index is 1.78. The Bertz CT molecular complexity index is 212. The number of piperidine rings is 1. The van der Waals surface area contributed by atoms with Gasteiger partial charge < -0.3 is 9.47 Å². The number of ether oxygens (including phenoxy) is 2. The third-order valence-electron chi connectivity index (χ3n) is 3.19. The van der Waals surface area contributed by atoms with Crippen molar-refractivity contribution in [3.63, 3.8) is 0 Å². The van der Waals surface area contributed by atoms with E-state index in [9.17, 15) is 0 Å². The van der Waals surface area contributed by atoms with Gasteiger partial charge in [0.25, 0.3) is 0 Å². The number of likely N-dealkylation sites (tertiary alicyclic amines) is 1. The molecular formula is C12H21NO2. The summed E-state index contributed by atoms with van der Waals surface area (Å²) >= 11 is 0. The molecule has 0 saturated carbocycles. The van der Waals surface area contributed by atoms with Crippen LogP contribution < -0.4 is 0 Å². The highest BCUT2D eigenvalue weighted by Crippen LogP contribution is 2.29. The van der Waals surface area contributed by atoms with Crippen LogP contribution in [-0.4, -0.2) is 43.5 Å². The monoisotopic (exact) mass is 211 g/mol. The molecule has 0 amide bonds. The van der Waals surface area contributed by atoms with Crippen molar-refractivity contribution >= 4 is 0 Å². The molecule has 0 radical (unpaired) electrons. The largest absolute Gasteiger partial charge is 0.346 e. The van der Waals surface area contributed by atoms with Crippen LogP contribution in [0.4, 0.5) is 0 Å². The fourth-order valence-electron chi connectivity index (χ4n) is 2.45. The smallest absolute Gasteiger partial charge is 0.181 e. The highest BCUT2D eigenvalue weighted by molar-refractivity contribution is 4.84. The molecule has 0 unspecified atom stereocenters. The van der Waals surface area contributed by atoms with Gasteiger partial charge >= 0.3 is 0 Å². The van der Waals surface area contributed by atoms with Gasteiger partial charge in [-0.15, -0.1) is 6.58 Å². The van der Waals surface area contributed by atoms with E-state index in [1.807, 2.05) is 6.08 Å². The van der Waals surface area contributed by atoms with Gasteiger partial charge in [0.05, 0.1) is 19.8 Å². The van der Waals surface area contributed by atoms with E-state index in [-0.39, 0.29) is 5.79 Å². The van der Waals surface area contributed by atoms with E-state index in [0.29, 0.717) is 0 Å². The van der Waals surface area contributed by atoms with E-state index in [4.69, 9.17) is 9.47 Å². The maximum absolute atomic E-state index is 5.73. The Morgan fingerprint density at radius 1 is 1.33 bits per heavy atom. The number of hydrogen-bond donors (Lipinski definition) is 0. The summed E-state index contributed by atoms with van der Waals surface area (Å²) < 4.78 is 11.5. The van der Waals surface area contributed by atoms with E-state index in [0.717, 1.165) is 39.1 Å². The normalized spacial score (nSPS) is 25.9. The maximum Gasteiger partial charge on any atom is 0.181 e. The first-order valence-corrected chi connectivity index (χ1v) is 5.96. The molecular weight excluding hydrogens is 190 g/mol. The molecule has 86 valence electrons. The highest BCUT2D eigenvalue weighted by Gasteiger charge is 2.40. The third-order valence-corrected chi connectivity index (χ3v) is 3.19. The number of rotatable bonds is 4. The van der Waals surface area contributed by atoms with Gasteiger partial charge in [0, 0.05) is 6.42 Å². The fourth-order valence-corrected chi connectivity index (χ4v) is 2.45. The highest BCUT2D eigenvalue weighted by atomic mass is 16.7. The van der Waals surface area contributed by atoms with Gasteiger partial charge in [-0.2, -0.15) is 0 Å². The Morgan fingerprint density at radius 3 is 2.87 bits per heavy atom. The molecule has 0 atom stereocenters. The molecule has 0 N–H and O–H groups in total. The van der Waals surface area contributed by atoms with Crippen molar-refractivity contribution < 1.29 is 9.47 Å². The van der Waals surface area contributed by atoms with Crippen LogP contribution in [0.15, 0.2) is 12.7 Å². The van der Waals surface area contributed by atoms with Crippen molar-refractivity contribution in [2.45, 2.75) is 31.5 Å². The van der Waals surface area contributed by atoms with Gasteiger partial charge in [-0.05, 0) is 32.4 Å². The fraction of sp³-hybridized carbons (Fsp3) is 0.833. The average Bonchev–Trinajstić information content (AvgIpc) is 2.67. The van der Waals surface area contributed by atoms with Gasteiger partial charge in [-0.3, -0.25) is 4.90 Å². The molecule has 0 aliphatic carbocycles. The lowest BCUT2D eigenvalue weighted by molar-refractivity contribution is -0.189. The first-order chi connectivity index (χ1) is 7.35. The second-order valence-electron chi connectivity index (χ2n) is 4.42. The van der Waals surface area contributed by atoms with Crippen LogP contribution in [0.2, 0.25) is 0 Å². The van der Waals surface area contributed by atoms with Crippen molar-refractivity contribution in [3.8, 4) is 0 Å². The van der Waals surface area contributed by atoms with Gasteiger partial charge in [-0.1, -0.05) is 6.08 Å². The van der Waals surface area contributed by atoms with Crippen LogP contribution in [-0.2, 0) is 9.47 Å². The van der Waals surface area contributed by atoms with Crippen molar-refractivity contribution in [1.29, 1.82) is 0 Å². The number of nitrogens with zero attached hydrogens (tertiary/aromatic N) is 1. The molecule has 15 heavy (non-hydrogen) atoms. The Kier molecular flexibility index (Phi) is 3.78. The van der Waals surface area contributed by atoms with Gasteiger partial charge in [-0.25, -0.2) is 0 Å². The molecule has 3 nitrogen and oxygen atoms in total. The summed E-state index contributed by atoms with van der Waals surface area (Å²) in [5.41, 5.74) is 0. The summed E-state index contributed by atoms with van der Waals surface area (Å²) in [6, 6.07) is 0. The van der Waals surface area contributed by atoms with E-state index in [1.165, 1.54) is 19.4 Å². The molecule has 0 bridgehead atoms. The zero-order valence-corrected chi connectivity index (χ0v) is 9.41. The molecule has 0 aromatic rings. The molecule has 2 aliphatic rings. The summed E-state index contributed by atoms with van der Waals surface area (Å²) in [6.45, 7) is 8.55. The first-order valence-electron chi connectivity index (χ1n) is 5.96. The molecule has 0 aromatic heterocycles. The van der Waals surface area contributed by atoms with Crippen molar-refractivity contribution in [3.05, 3.63) is 12.7 Å². The van der Waals surface area contributed by atoms with Gasteiger partial charge in [0.2, 0.25) is 0 Å². The predicted molar refractivity (Wildman–Crippen MR) is 59.7 cm³/mol. The van der Waals surface area contributed by atoms with E-state index in [1.54, 1.807) is 0 Å². The lowest BCUT2D eigenvalue weighted by atomic mass is 10.0. The minimum absolute atomic E-state index is 0.258. The van der Waals surface area contributed by atoms with Crippen molar-refractivity contribution in [2.24, 2.45) is 0 Å². The standard InChI is InChI=1S/C12H21NO2/c1-2-3-4-7-13-8-5-6-12(11-13)14-9-10-15-12/h2H,1,3-11H2. The van der Waals surface area contributed by atoms with Crippen molar-refractivity contribution in [2.75, 3.05) is 32.8 Å². The Hall–Kier alpha value is -0.380. The van der Waals surface area contributed by atoms with Crippen molar-refractivity contribution in [1.82, 2.24) is 4.90 Å². The summed E-state index contributed by atoms with van der Waals surface area (Å²) in [4.78, 5) is 2.46. The van der Waals surface area contributed by atoms with Crippen LogP contribution in [0.1, 0.15) is 25.7 Å². The van der Waals surface area contributed by atoms with Crippen LogP contribution in [0, 0.1) is 0 Å². The minimum atomic E-state index is -0.258.